The maximum absolute atomic E-state index is 11.9. The first kappa shape index (κ1) is 14.8. The quantitative estimate of drug-likeness (QED) is 0.671. The van der Waals surface area contributed by atoms with Gasteiger partial charge in [0.15, 0.2) is 5.13 Å². The third kappa shape index (κ3) is 3.27. The molecule has 8 heteroatoms. The monoisotopic (exact) mass is 328 g/mol. The van der Waals surface area contributed by atoms with Gasteiger partial charge >= 0.3 is 0 Å². The molecular formula is C12H10Cl2N4OS. The number of thiazole rings is 1. The summed E-state index contributed by atoms with van der Waals surface area (Å²) in [4.78, 5) is 16.3. The van der Waals surface area contributed by atoms with Gasteiger partial charge in [0.05, 0.1) is 22.0 Å². The van der Waals surface area contributed by atoms with E-state index < -0.39 is 0 Å². The first-order valence-electron chi connectivity index (χ1n) is 5.49. The number of aromatic nitrogens is 1. The summed E-state index contributed by atoms with van der Waals surface area (Å²) in [6.45, 7) is 1.70. The van der Waals surface area contributed by atoms with Crippen molar-refractivity contribution in [1.29, 1.82) is 0 Å². The summed E-state index contributed by atoms with van der Waals surface area (Å²) in [6, 6.07) is 5.10. The Labute approximate surface area is 129 Å². The second kappa shape index (κ2) is 6.21. The highest BCUT2D eigenvalue weighted by Gasteiger charge is 2.13. The van der Waals surface area contributed by atoms with Crippen LogP contribution in [0.25, 0.3) is 0 Å². The number of hydrogen-bond acceptors (Lipinski definition) is 5. The first-order chi connectivity index (χ1) is 9.49. The number of benzene rings is 1. The van der Waals surface area contributed by atoms with Crippen LogP contribution in [0.15, 0.2) is 23.3 Å². The normalized spacial score (nSPS) is 10.9. The fraction of sp³-hybridized carbons (Fsp3) is 0.0833. The first-order valence-corrected chi connectivity index (χ1v) is 7.06. The molecule has 0 saturated heterocycles. The largest absolute Gasteiger partial charge is 0.375 e. The Bertz CT molecular complexity index is 664. The van der Waals surface area contributed by atoms with Gasteiger partial charge < -0.3 is 5.73 Å². The van der Waals surface area contributed by atoms with Crippen molar-refractivity contribution in [3.8, 4) is 0 Å². The molecule has 3 N–H and O–H groups in total. The van der Waals surface area contributed by atoms with Crippen LogP contribution in [-0.2, 0) is 0 Å². The van der Waals surface area contributed by atoms with Gasteiger partial charge in [0.1, 0.15) is 4.88 Å². The number of carbonyl (C=O) groups excluding carboxylic acids is 1. The molecule has 0 fully saturated rings. The zero-order chi connectivity index (χ0) is 14.7. The van der Waals surface area contributed by atoms with Crippen LogP contribution in [0.5, 0.6) is 0 Å². The number of nitrogens with two attached hydrogens (primary N) is 1. The van der Waals surface area contributed by atoms with Crippen molar-refractivity contribution in [1.82, 2.24) is 10.4 Å². The summed E-state index contributed by atoms with van der Waals surface area (Å²) < 4.78 is 0. The number of nitrogens with one attached hydrogen (secondary N) is 1. The average Bonchev–Trinajstić information content (AvgIpc) is 2.72. The minimum absolute atomic E-state index is 0.339. The van der Waals surface area contributed by atoms with E-state index in [0.29, 0.717) is 31.3 Å². The van der Waals surface area contributed by atoms with Crippen molar-refractivity contribution in [3.63, 3.8) is 0 Å². The number of hydrazone groups is 1. The van der Waals surface area contributed by atoms with E-state index in [1.54, 1.807) is 25.1 Å². The minimum atomic E-state index is -0.379. The molecule has 1 aromatic carbocycles. The molecule has 0 bridgehead atoms. The minimum Gasteiger partial charge on any atom is -0.375 e. The Kier molecular flexibility index (Phi) is 4.59. The molecule has 0 atom stereocenters. The molecule has 2 aromatic rings. The molecule has 0 aliphatic carbocycles. The van der Waals surface area contributed by atoms with E-state index in [-0.39, 0.29) is 5.91 Å². The lowest BCUT2D eigenvalue weighted by Gasteiger charge is -2.01. The third-order valence-electron chi connectivity index (χ3n) is 2.38. The fourth-order valence-electron chi connectivity index (χ4n) is 1.47. The lowest BCUT2D eigenvalue weighted by atomic mass is 10.2. The van der Waals surface area contributed by atoms with Gasteiger partial charge in [-0.05, 0) is 19.1 Å². The predicted octanol–water partition coefficient (Wildman–Crippen LogP) is 3.10. The molecule has 0 aliphatic heterocycles. The van der Waals surface area contributed by atoms with E-state index in [2.05, 4.69) is 15.5 Å². The molecule has 0 radical (unpaired) electrons. The van der Waals surface area contributed by atoms with E-state index >= 15 is 0 Å². The van der Waals surface area contributed by atoms with Gasteiger partial charge in [-0.3, -0.25) is 4.79 Å². The van der Waals surface area contributed by atoms with Crippen LogP contribution < -0.4 is 11.2 Å². The molecule has 1 amide bonds. The zero-order valence-electron chi connectivity index (χ0n) is 10.4. The molecule has 0 saturated carbocycles. The average molecular weight is 329 g/mol. The van der Waals surface area contributed by atoms with Crippen molar-refractivity contribution in [3.05, 3.63) is 44.4 Å². The van der Waals surface area contributed by atoms with Crippen LogP contribution in [0.3, 0.4) is 0 Å². The molecule has 1 aromatic heterocycles. The number of nitrogens with zero attached hydrogens (tertiary/aromatic N) is 2. The van der Waals surface area contributed by atoms with Gasteiger partial charge in [-0.15, -0.1) is 0 Å². The maximum Gasteiger partial charge on any atom is 0.283 e. The van der Waals surface area contributed by atoms with Crippen molar-refractivity contribution in [2.75, 3.05) is 5.73 Å². The SMILES string of the molecule is Cc1nc(N)sc1C(=O)N/N=C/c1c(Cl)cccc1Cl. The van der Waals surface area contributed by atoms with E-state index in [4.69, 9.17) is 28.9 Å². The van der Waals surface area contributed by atoms with Crippen LogP contribution in [0.4, 0.5) is 5.13 Å². The summed E-state index contributed by atoms with van der Waals surface area (Å²) in [5.41, 5.74) is 9.02. The number of rotatable bonds is 3. The van der Waals surface area contributed by atoms with Crippen molar-refractivity contribution >= 4 is 51.8 Å². The summed E-state index contributed by atoms with van der Waals surface area (Å²) >= 11 is 13.1. The van der Waals surface area contributed by atoms with Crippen LogP contribution in [-0.4, -0.2) is 17.1 Å². The van der Waals surface area contributed by atoms with Crippen molar-refractivity contribution < 1.29 is 4.79 Å². The highest BCUT2D eigenvalue weighted by Crippen LogP contribution is 2.22. The van der Waals surface area contributed by atoms with Gasteiger partial charge in [-0.1, -0.05) is 40.6 Å². The highest BCUT2D eigenvalue weighted by atomic mass is 35.5. The number of halogens is 2. The molecule has 20 heavy (non-hydrogen) atoms. The van der Waals surface area contributed by atoms with E-state index in [9.17, 15) is 4.79 Å². The standard InChI is InChI=1S/C12H10Cl2N4OS/c1-6-10(20-12(15)17-6)11(19)18-16-5-7-8(13)3-2-4-9(7)14/h2-5H,1H3,(H2,15,17)(H,18,19)/b16-5+. The number of nitrogen functional groups attached to an aromatic ring is 1. The molecule has 2 rings (SSSR count). The van der Waals surface area contributed by atoms with Crippen LogP contribution in [0.1, 0.15) is 20.9 Å². The zero-order valence-corrected chi connectivity index (χ0v) is 12.7. The summed E-state index contributed by atoms with van der Waals surface area (Å²) in [5.74, 6) is -0.379. The van der Waals surface area contributed by atoms with E-state index in [1.165, 1.54) is 6.21 Å². The third-order valence-corrected chi connectivity index (χ3v) is 4.02. The van der Waals surface area contributed by atoms with Crippen LogP contribution in [0.2, 0.25) is 10.0 Å². The Morgan fingerprint density at radius 3 is 2.65 bits per heavy atom. The summed E-state index contributed by atoms with van der Waals surface area (Å²) in [7, 11) is 0. The molecule has 104 valence electrons. The second-order valence-electron chi connectivity index (χ2n) is 3.80. The Hall–Kier alpha value is -1.63. The Balaban J connectivity index is 2.11. The molecular weight excluding hydrogens is 319 g/mol. The molecule has 5 nitrogen and oxygen atoms in total. The summed E-state index contributed by atoms with van der Waals surface area (Å²) in [6.07, 6.45) is 1.39. The van der Waals surface area contributed by atoms with Crippen LogP contribution >= 0.6 is 34.5 Å². The van der Waals surface area contributed by atoms with Gasteiger partial charge in [-0.25, -0.2) is 10.4 Å². The highest BCUT2D eigenvalue weighted by molar-refractivity contribution is 7.17. The lowest BCUT2D eigenvalue weighted by Crippen LogP contribution is -2.17. The number of carbonyl (C=O) groups is 1. The van der Waals surface area contributed by atoms with E-state index in [0.717, 1.165) is 11.3 Å². The van der Waals surface area contributed by atoms with Gasteiger partial charge in [-0.2, -0.15) is 5.10 Å². The number of anilines is 1. The molecule has 0 spiro atoms. The second-order valence-corrected chi connectivity index (χ2v) is 5.65. The van der Waals surface area contributed by atoms with Gasteiger partial charge in [0, 0.05) is 5.56 Å². The molecule has 0 aliphatic rings. The predicted molar refractivity (Wildman–Crippen MR) is 82.8 cm³/mol. The number of aryl methyl sites for hydroxylation is 1. The Morgan fingerprint density at radius 1 is 1.45 bits per heavy atom. The van der Waals surface area contributed by atoms with Crippen LogP contribution in [0, 0.1) is 6.92 Å². The lowest BCUT2D eigenvalue weighted by molar-refractivity contribution is 0.0958. The van der Waals surface area contributed by atoms with Gasteiger partial charge in [0.2, 0.25) is 0 Å². The van der Waals surface area contributed by atoms with Crippen molar-refractivity contribution in [2.24, 2.45) is 5.10 Å². The number of amides is 1. The van der Waals surface area contributed by atoms with E-state index in [1.807, 2.05) is 0 Å². The smallest absolute Gasteiger partial charge is 0.283 e. The Morgan fingerprint density at radius 2 is 2.10 bits per heavy atom. The molecule has 0 unspecified atom stereocenters. The topological polar surface area (TPSA) is 80.4 Å². The fourth-order valence-corrected chi connectivity index (χ4v) is 2.69. The summed E-state index contributed by atoms with van der Waals surface area (Å²) in [5, 5.41) is 5.08. The number of hydrogen-bond donors (Lipinski definition) is 2. The maximum atomic E-state index is 11.9. The molecule has 1 heterocycles. The van der Waals surface area contributed by atoms with Gasteiger partial charge in [0.25, 0.3) is 5.91 Å². The van der Waals surface area contributed by atoms with Crippen molar-refractivity contribution in [2.45, 2.75) is 6.92 Å².